The molecule has 17 heavy (non-hydrogen) atoms. The van der Waals surface area contributed by atoms with Crippen molar-refractivity contribution in [2.75, 3.05) is 0 Å². The first-order valence-corrected chi connectivity index (χ1v) is 6.83. The average molecular weight is 285 g/mol. The highest BCUT2D eigenvalue weighted by Gasteiger charge is 2.15. The molecule has 2 rings (SSSR count). The molecule has 0 amide bonds. The second-order valence-corrected chi connectivity index (χ2v) is 5.32. The number of thiophene rings is 1. The Labute approximate surface area is 114 Å². The van der Waals surface area contributed by atoms with E-state index < -0.39 is 0 Å². The molecule has 0 saturated carbocycles. The van der Waals surface area contributed by atoms with E-state index in [1.165, 1.54) is 11.3 Å². The second-order valence-electron chi connectivity index (χ2n) is 3.59. The molecule has 88 valence electrons. The predicted molar refractivity (Wildman–Crippen MR) is 73.6 cm³/mol. The summed E-state index contributed by atoms with van der Waals surface area (Å²) in [5.41, 5.74) is 1.66. The summed E-state index contributed by atoms with van der Waals surface area (Å²) in [5.74, 6) is 0.00965. The molecule has 0 aliphatic heterocycles. The molecule has 1 nitrogen and oxygen atoms in total. The minimum atomic E-state index is 0.00965. The maximum Gasteiger partial charge on any atom is 0.203 e. The first-order chi connectivity index (χ1) is 8.13. The van der Waals surface area contributed by atoms with Crippen LogP contribution >= 0.6 is 34.5 Å². The Hall–Kier alpha value is -0.830. The topological polar surface area (TPSA) is 17.1 Å². The largest absolute Gasteiger partial charge is 0.288 e. The van der Waals surface area contributed by atoms with Crippen LogP contribution in [0.1, 0.15) is 27.7 Å². The van der Waals surface area contributed by atoms with E-state index >= 15 is 0 Å². The van der Waals surface area contributed by atoms with Crippen molar-refractivity contribution >= 4 is 40.3 Å². The van der Waals surface area contributed by atoms with E-state index in [1.807, 2.05) is 18.4 Å². The van der Waals surface area contributed by atoms with E-state index in [2.05, 4.69) is 0 Å². The molecule has 0 spiro atoms. The van der Waals surface area contributed by atoms with Crippen molar-refractivity contribution in [3.8, 4) is 0 Å². The maximum atomic E-state index is 12.3. The van der Waals surface area contributed by atoms with Crippen LogP contribution in [0.25, 0.3) is 0 Å². The number of ketones is 1. The molecule has 1 aromatic heterocycles. The summed E-state index contributed by atoms with van der Waals surface area (Å²) in [6.45, 7) is 2.04. The Balaban J connectivity index is 2.40. The minimum Gasteiger partial charge on any atom is -0.288 e. The number of rotatable bonds is 3. The summed E-state index contributed by atoms with van der Waals surface area (Å²) in [4.78, 5) is 13.0. The Morgan fingerprint density at radius 2 is 2.00 bits per heavy atom. The smallest absolute Gasteiger partial charge is 0.203 e. The van der Waals surface area contributed by atoms with Crippen molar-refractivity contribution < 1.29 is 4.79 Å². The predicted octanol–water partition coefficient (Wildman–Crippen LogP) is 4.85. The normalized spacial score (nSPS) is 10.5. The Morgan fingerprint density at radius 3 is 2.65 bits per heavy atom. The SMILES string of the molecule is CCc1ccsc1C(=O)c1ccc(Cl)c(Cl)c1. The van der Waals surface area contributed by atoms with Crippen molar-refractivity contribution in [3.63, 3.8) is 0 Å². The third-order valence-corrected chi connectivity index (χ3v) is 4.21. The summed E-state index contributed by atoms with van der Waals surface area (Å²) < 4.78 is 0. The van der Waals surface area contributed by atoms with E-state index in [-0.39, 0.29) is 5.78 Å². The first kappa shape index (κ1) is 12.6. The number of hydrogen-bond acceptors (Lipinski definition) is 2. The zero-order valence-corrected chi connectivity index (χ0v) is 11.5. The molecule has 0 bridgehead atoms. The number of carbonyl (C=O) groups excluding carboxylic acids is 1. The Bertz CT molecular complexity index is 560. The fourth-order valence-electron chi connectivity index (χ4n) is 1.58. The lowest BCUT2D eigenvalue weighted by Crippen LogP contribution is -2.01. The van der Waals surface area contributed by atoms with Crippen molar-refractivity contribution in [1.29, 1.82) is 0 Å². The molecule has 0 aliphatic rings. The van der Waals surface area contributed by atoms with Gasteiger partial charge in [0.25, 0.3) is 0 Å². The van der Waals surface area contributed by atoms with Crippen LogP contribution < -0.4 is 0 Å². The molecular weight excluding hydrogens is 275 g/mol. The van der Waals surface area contributed by atoms with Gasteiger partial charge in [0.05, 0.1) is 14.9 Å². The van der Waals surface area contributed by atoms with Crippen LogP contribution in [0.2, 0.25) is 10.0 Å². The van der Waals surface area contributed by atoms with Crippen molar-refractivity contribution in [1.82, 2.24) is 0 Å². The highest BCUT2D eigenvalue weighted by Crippen LogP contribution is 2.26. The van der Waals surface area contributed by atoms with Gasteiger partial charge in [-0.1, -0.05) is 30.1 Å². The summed E-state index contributed by atoms with van der Waals surface area (Å²) in [5, 5.41) is 2.81. The molecular formula is C13H10Cl2OS. The number of halogens is 2. The molecule has 0 aliphatic carbocycles. The van der Waals surface area contributed by atoms with Gasteiger partial charge in [-0.05, 0) is 41.6 Å². The lowest BCUT2D eigenvalue weighted by Gasteiger charge is -2.03. The summed E-state index contributed by atoms with van der Waals surface area (Å²) in [6.07, 6.45) is 0.853. The third-order valence-electron chi connectivity index (χ3n) is 2.52. The zero-order chi connectivity index (χ0) is 12.4. The first-order valence-electron chi connectivity index (χ1n) is 5.19. The lowest BCUT2D eigenvalue weighted by atomic mass is 10.1. The molecule has 1 aromatic carbocycles. The average Bonchev–Trinajstić information content (AvgIpc) is 2.80. The Kier molecular flexibility index (Phi) is 3.87. The van der Waals surface area contributed by atoms with E-state index in [0.717, 1.165) is 16.9 Å². The molecule has 0 N–H and O–H groups in total. The van der Waals surface area contributed by atoms with Gasteiger partial charge in [-0.3, -0.25) is 4.79 Å². The lowest BCUT2D eigenvalue weighted by molar-refractivity contribution is 0.104. The number of carbonyl (C=O) groups is 1. The molecule has 1 heterocycles. The van der Waals surface area contributed by atoms with Crippen LogP contribution in [0.3, 0.4) is 0 Å². The van der Waals surface area contributed by atoms with Gasteiger partial charge in [-0.2, -0.15) is 0 Å². The van der Waals surface area contributed by atoms with Gasteiger partial charge in [0.2, 0.25) is 5.78 Å². The highest BCUT2D eigenvalue weighted by atomic mass is 35.5. The van der Waals surface area contributed by atoms with Crippen LogP contribution in [-0.2, 0) is 6.42 Å². The molecule has 0 unspecified atom stereocenters. The quantitative estimate of drug-likeness (QED) is 0.737. The van der Waals surface area contributed by atoms with Gasteiger partial charge in [-0.25, -0.2) is 0 Å². The van der Waals surface area contributed by atoms with E-state index in [9.17, 15) is 4.79 Å². The van der Waals surface area contributed by atoms with E-state index in [0.29, 0.717) is 15.6 Å². The van der Waals surface area contributed by atoms with E-state index in [1.54, 1.807) is 18.2 Å². The van der Waals surface area contributed by atoms with Crippen LogP contribution in [-0.4, -0.2) is 5.78 Å². The van der Waals surface area contributed by atoms with E-state index in [4.69, 9.17) is 23.2 Å². The van der Waals surface area contributed by atoms with Crippen molar-refractivity contribution in [3.05, 3.63) is 55.7 Å². The van der Waals surface area contributed by atoms with Crippen LogP contribution in [0, 0.1) is 0 Å². The summed E-state index contributed by atoms with van der Waals surface area (Å²) in [7, 11) is 0. The number of hydrogen-bond donors (Lipinski definition) is 0. The second kappa shape index (κ2) is 5.21. The maximum absolute atomic E-state index is 12.3. The summed E-state index contributed by atoms with van der Waals surface area (Å²) >= 11 is 13.2. The molecule has 0 atom stereocenters. The van der Waals surface area contributed by atoms with Gasteiger partial charge < -0.3 is 0 Å². The van der Waals surface area contributed by atoms with Crippen molar-refractivity contribution in [2.24, 2.45) is 0 Å². The molecule has 0 radical (unpaired) electrons. The monoisotopic (exact) mass is 284 g/mol. The number of benzene rings is 1. The molecule has 4 heteroatoms. The fourth-order valence-corrected chi connectivity index (χ4v) is 2.84. The molecule has 0 fully saturated rings. The van der Waals surface area contributed by atoms with Crippen LogP contribution in [0.4, 0.5) is 0 Å². The molecule has 0 saturated heterocycles. The van der Waals surface area contributed by atoms with Gasteiger partial charge in [0, 0.05) is 5.56 Å². The van der Waals surface area contributed by atoms with Gasteiger partial charge in [0.15, 0.2) is 0 Å². The van der Waals surface area contributed by atoms with Gasteiger partial charge in [-0.15, -0.1) is 11.3 Å². The van der Waals surface area contributed by atoms with Gasteiger partial charge >= 0.3 is 0 Å². The van der Waals surface area contributed by atoms with Crippen molar-refractivity contribution in [2.45, 2.75) is 13.3 Å². The number of aryl methyl sites for hydroxylation is 1. The summed E-state index contributed by atoms with van der Waals surface area (Å²) in [6, 6.07) is 6.95. The third kappa shape index (κ3) is 2.54. The molecule has 2 aromatic rings. The minimum absolute atomic E-state index is 0.00965. The Morgan fingerprint density at radius 1 is 1.24 bits per heavy atom. The van der Waals surface area contributed by atoms with Gasteiger partial charge in [0.1, 0.15) is 0 Å². The zero-order valence-electron chi connectivity index (χ0n) is 9.17. The van der Waals surface area contributed by atoms with Crippen LogP contribution in [0.5, 0.6) is 0 Å². The van der Waals surface area contributed by atoms with Crippen LogP contribution in [0.15, 0.2) is 29.6 Å². The standard InChI is InChI=1S/C13H10Cl2OS/c1-2-8-5-6-17-13(8)12(16)9-3-4-10(14)11(15)7-9/h3-7H,2H2,1H3. The highest BCUT2D eigenvalue weighted by molar-refractivity contribution is 7.12. The fraction of sp³-hybridized carbons (Fsp3) is 0.154.